The van der Waals surface area contributed by atoms with Crippen molar-refractivity contribution >= 4 is 11.8 Å². The SMILES string of the molecule is Cc1nc(Nc2ncccn2)cc(C2CCCCN2Cc2nccn2C)n1. The van der Waals surface area contributed by atoms with Gasteiger partial charge in [-0.3, -0.25) is 4.90 Å². The summed E-state index contributed by atoms with van der Waals surface area (Å²) in [7, 11) is 2.04. The van der Waals surface area contributed by atoms with Crippen LogP contribution in [0, 0.1) is 6.92 Å². The summed E-state index contributed by atoms with van der Waals surface area (Å²) in [6, 6.07) is 4.07. The quantitative estimate of drug-likeness (QED) is 0.745. The molecule has 0 saturated carbocycles. The lowest BCUT2D eigenvalue weighted by Crippen LogP contribution is -2.34. The number of nitrogens with zero attached hydrogens (tertiary/aromatic N) is 7. The van der Waals surface area contributed by atoms with Crippen LogP contribution in [0.2, 0.25) is 0 Å². The molecule has 0 amide bonds. The molecule has 4 heterocycles. The van der Waals surface area contributed by atoms with Crippen molar-refractivity contribution < 1.29 is 0 Å². The molecule has 1 unspecified atom stereocenters. The molecular formula is C19H24N8. The molecule has 0 spiro atoms. The standard InChI is InChI=1S/C19H24N8/c1-14-23-15(12-17(24-14)25-19-21-7-5-8-22-19)16-6-3-4-10-27(16)13-18-20-9-11-26(18)2/h5,7-9,11-12,16H,3-4,6,10,13H2,1-2H3,(H,21,22,23,24,25). The molecule has 1 atom stereocenters. The van der Waals surface area contributed by atoms with Gasteiger partial charge in [0.2, 0.25) is 5.95 Å². The first kappa shape index (κ1) is 17.5. The van der Waals surface area contributed by atoms with Crippen molar-refractivity contribution in [3.63, 3.8) is 0 Å². The fourth-order valence-corrected chi connectivity index (χ4v) is 3.55. The first-order chi connectivity index (χ1) is 13.2. The van der Waals surface area contributed by atoms with Gasteiger partial charge in [0.25, 0.3) is 0 Å². The molecule has 27 heavy (non-hydrogen) atoms. The van der Waals surface area contributed by atoms with Gasteiger partial charge in [0.05, 0.1) is 18.3 Å². The van der Waals surface area contributed by atoms with Crippen molar-refractivity contribution in [3.8, 4) is 0 Å². The molecule has 3 aromatic rings. The van der Waals surface area contributed by atoms with E-state index in [0.717, 1.165) is 42.7 Å². The van der Waals surface area contributed by atoms with Crippen LogP contribution in [0.3, 0.4) is 0 Å². The topological polar surface area (TPSA) is 84.7 Å². The van der Waals surface area contributed by atoms with Gasteiger partial charge in [-0.25, -0.2) is 24.9 Å². The number of rotatable bonds is 5. The number of aryl methyl sites for hydroxylation is 2. The summed E-state index contributed by atoms with van der Waals surface area (Å²) >= 11 is 0. The van der Waals surface area contributed by atoms with E-state index in [1.54, 1.807) is 18.5 Å². The zero-order chi connectivity index (χ0) is 18.6. The Morgan fingerprint density at radius 1 is 1.11 bits per heavy atom. The second-order valence-corrected chi connectivity index (χ2v) is 6.86. The molecule has 8 heteroatoms. The Balaban J connectivity index is 1.59. The van der Waals surface area contributed by atoms with Crippen LogP contribution in [0.15, 0.2) is 36.9 Å². The Hall–Kier alpha value is -2.87. The number of likely N-dealkylation sites (tertiary alicyclic amines) is 1. The summed E-state index contributed by atoms with van der Waals surface area (Å²) < 4.78 is 2.08. The molecular weight excluding hydrogens is 340 g/mol. The first-order valence-electron chi connectivity index (χ1n) is 9.29. The van der Waals surface area contributed by atoms with E-state index in [2.05, 4.69) is 34.7 Å². The molecule has 1 saturated heterocycles. The minimum absolute atomic E-state index is 0.259. The lowest BCUT2D eigenvalue weighted by Gasteiger charge is -2.35. The summed E-state index contributed by atoms with van der Waals surface area (Å²) in [5.41, 5.74) is 1.04. The minimum atomic E-state index is 0.259. The lowest BCUT2D eigenvalue weighted by atomic mass is 9.99. The molecule has 1 N–H and O–H groups in total. The van der Waals surface area contributed by atoms with E-state index in [1.165, 1.54) is 12.8 Å². The maximum atomic E-state index is 4.74. The van der Waals surface area contributed by atoms with Gasteiger partial charge in [-0.15, -0.1) is 0 Å². The third-order valence-electron chi connectivity index (χ3n) is 4.88. The van der Waals surface area contributed by atoms with Crippen LogP contribution in [0.1, 0.15) is 42.6 Å². The van der Waals surface area contributed by atoms with E-state index >= 15 is 0 Å². The van der Waals surface area contributed by atoms with Crippen LogP contribution in [0.5, 0.6) is 0 Å². The predicted octanol–water partition coefficient (Wildman–Crippen LogP) is 2.78. The minimum Gasteiger partial charge on any atom is -0.337 e. The first-order valence-corrected chi connectivity index (χ1v) is 9.29. The molecule has 4 rings (SSSR count). The summed E-state index contributed by atoms with van der Waals surface area (Å²) in [5, 5.41) is 3.19. The van der Waals surface area contributed by atoms with Gasteiger partial charge >= 0.3 is 0 Å². The molecule has 3 aromatic heterocycles. The van der Waals surface area contributed by atoms with E-state index in [0.29, 0.717) is 5.95 Å². The van der Waals surface area contributed by atoms with E-state index in [4.69, 9.17) is 4.98 Å². The summed E-state index contributed by atoms with van der Waals surface area (Å²) in [4.78, 5) is 24.6. The largest absolute Gasteiger partial charge is 0.337 e. The van der Waals surface area contributed by atoms with Gasteiger partial charge in [-0.1, -0.05) is 6.42 Å². The highest BCUT2D eigenvalue weighted by Gasteiger charge is 2.26. The van der Waals surface area contributed by atoms with Gasteiger partial charge in [0.1, 0.15) is 17.5 Å². The van der Waals surface area contributed by atoms with E-state index < -0.39 is 0 Å². The number of hydrogen-bond acceptors (Lipinski definition) is 7. The Kier molecular flexibility index (Phi) is 5.06. The number of aromatic nitrogens is 6. The van der Waals surface area contributed by atoms with Crippen LogP contribution in [-0.4, -0.2) is 40.9 Å². The molecule has 1 fully saturated rings. The van der Waals surface area contributed by atoms with Crippen molar-refractivity contribution in [1.29, 1.82) is 0 Å². The van der Waals surface area contributed by atoms with Crippen LogP contribution in [-0.2, 0) is 13.6 Å². The maximum absolute atomic E-state index is 4.74. The average molecular weight is 364 g/mol. The fourth-order valence-electron chi connectivity index (χ4n) is 3.55. The molecule has 0 aliphatic carbocycles. The van der Waals surface area contributed by atoms with E-state index in [-0.39, 0.29) is 6.04 Å². The number of piperidine rings is 1. The second-order valence-electron chi connectivity index (χ2n) is 6.86. The fraction of sp³-hybridized carbons (Fsp3) is 0.421. The highest BCUT2D eigenvalue weighted by molar-refractivity contribution is 5.48. The highest BCUT2D eigenvalue weighted by atomic mass is 15.2. The third kappa shape index (κ3) is 4.11. The zero-order valence-corrected chi connectivity index (χ0v) is 15.7. The van der Waals surface area contributed by atoms with E-state index in [1.807, 2.05) is 32.4 Å². The molecule has 1 aliphatic rings. The van der Waals surface area contributed by atoms with Crippen LogP contribution >= 0.6 is 0 Å². The summed E-state index contributed by atoms with van der Waals surface area (Å²) in [5.74, 6) is 3.08. The number of nitrogens with one attached hydrogen (secondary N) is 1. The average Bonchev–Trinajstić information content (AvgIpc) is 3.07. The van der Waals surface area contributed by atoms with Crippen molar-refractivity contribution in [2.24, 2.45) is 7.05 Å². The van der Waals surface area contributed by atoms with Gasteiger partial charge in [0.15, 0.2) is 0 Å². The van der Waals surface area contributed by atoms with Gasteiger partial charge in [-0.05, 0) is 32.4 Å². The molecule has 1 aliphatic heterocycles. The number of hydrogen-bond donors (Lipinski definition) is 1. The molecule has 8 nitrogen and oxygen atoms in total. The third-order valence-corrected chi connectivity index (χ3v) is 4.88. The number of imidazole rings is 1. The van der Waals surface area contributed by atoms with Crippen molar-refractivity contribution in [2.75, 3.05) is 11.9 Å². The Morgan fingerprint density at radius 2 is 1.96 bits per heavy atom. The second kappa shape index (κ2) is 7.79. The summed E-state index contributed by atoms with van der Waals surface area (Å²) in [6.45, 7) is 3.79. The Morgan fingerprint density at radius 3 is 2.74 bits per heavy atom. The normalized spacial score (nSPS) is 17.8. The molecule has 0 bridgehead atoms. The highest BCUT2D eigenvalue weighted by Crippen LogP contribution is 2.32. The molecule has 140 valence electrons. The van der Waals surface area contributed by atoms with Gasteiger partial charge in [0, 0.05) is 37.9 Å². The van der Waals surface area contributed by atoms with Crippen molar-refractivity contribution in [3.05, 3.63) is 54.3 Å². The van der Waals surface area contributed by atoms with Crippen molar-refractivity contribution in [2.45, 2.75) is 38.8 Å². The van der Waals surface area contributed by atoms with Gasteiger partial charge < -0.3 is 9.88 Å². The number of anilines is 2. The lowest BCUT2D eigenvalue weighted by molar-refractivity contribution is 0.132. The molecule has 0 aromatic carbocycles. The Bertz CT molecular complexity index is 892. The maximum Gasteiger partial charge on any atom is 0.228 e. The van der Waals surface area contributed by atoms with Gasteiger partial charge in [-0.2, -0.15) is 0 Å². The predicted molar refractivity (Wildman–Crippen MR) is 102 cm³/mol. The van der Waals surface area contributed by atoms with Crippen LogP contribution in [0.25, 0.3) is 0 Å². The van der Waals surface area contributed by atoms with E-state index in [9.17, 15) is 0 Å². The van der Waals surface area contributed by atoms with Crippen LogP contribution < -0.4 is 5.32 Å². The smallest absolute Gasteiger partial charge is 0.228 e. The van der Waals surface area contributed by atoms with Crippen molar-refractivity contribution in [1.82, 2.24) is 34.4 Å². The Labute approximate surface area is 158 Å². The monoisotopic (exact) mass is 364 g/mol. The van der Waals surface area contributed by atoms with Crippen LogP contribution in [0.4, 0.5) is 11.8 Å². The summed E-state index contributed by atoms with van der Waals surface area (Å²) in [6.07, 6.45) is 10.8. The molecule has 0 radical (unpaired) electrons. The zero-order valence-electron chi connectivity index (χ0n) is 15.7.